The first-order valence-electron chi connectivity index (χ1n) is 9.11. The molecule has 0 bridgehead atoms. The van der Waals surface area contributed by atoms with Crippen molar-refractivity contribution in [3.05, 3.63) is 35.9 Å². The summed E-state index contributed by atoms with van der Waals surface area (Å²) in [6.07, 6.45) is 1.63. The quantitative estimate of drug-likeness (QED) is 0.568. The molecule has 0 unspecified atom stereocenters. The predicted octanol–water partition coefficient (Wildman–Crippen LogP) is 3.94. The van der Waals surface area contributed by atoms with Crippen molar-refractivity contribution in [2.24, 2.45) is 5.41 Å². The van der Waals surface area contributed by atoms with Crippen LogP contribution in [0.15, 0.2) is 30.3 Å². The Morgan fingerprint density at radius 1 is 1.04 bits per heavy atom. The number of benzene rings is 1. The van der Waals surface area contributed by atoms with Crippen molar-refractivity contribution < 1.29 is 23.9 Å². The Bertz CT molecular complexity index is 688. The van der Waals surface area contributed by atoms with E-state index >= 15 is 0 Å². The molecular formula is C21H28O5. The Kier molecular flexibility index (Phi) is 5.59. The van der Waals surface area contributed by atoms with Gasteiger partial charge in [-0.15, -0.1) is 0 Å². The molecule has 0 aromatic heterocycles. The predicted molar refractivity (Wildman–Crippen MR) is 97.3 cm³/mol. The molecule has 1 heterocycles. The molecule has 1 aromatic rings. The average Bonchev–Trinajstić information content (AvgIpc) is 2.56. The fourth-order valence-corrected chi connectivity index (χ4v) is 3.05. The van der Waals surface area contributed by atoms with Crippen LogP contribution >= 0.6 is 0 Å². The van der Waals surface area contributed by atoms with E-state index in [0.717, 1.165) is 6.42 Å². The zero-order chi connectivity index (χ0) is 19.6. The van der Waals surface area contributed by atoms with Gasteiger partial charge in [0.25, 0.3) is 5.60 Å². The van der Waals surface area contributed by atoms with Crippen LogP contribution in [0.4, 0.5) is 0 Å². The second-order valence-corrected chi connectivity index (χ2v) is 8.27. The minimum absolute atomic E-state index is 0.126. The first-order valence-corrected chi connectivity index (χ1v) is 9.11. The van der Waals surface area contributed by atoms with E-state index in [2.05, 4.69) is 0 Å². The van der Waals surface area contributed by atoms with E-state index in [-0.39, 0.29) is 18.3 Å². The summed E-state index contributed by atoms with van der Waals surface area (Å²) in [5.41, 5.74) is -3.20. The van der Waals surface area contributed by atoms with E-state index in [4.69, 9.17) is 9.47 Å². The molecule has 1 fully saturated rings. The Morgan fingerprint density at radius 2 is 1.65 bits per heavy atom. The lowest BCUT2D eigenvalue weighted by Crippen LogP contribution is -2.61. The summed E-state index contributed by atoms with van der Waals surface area (Å²) < 4.78 is 11.2. The van der Waals surface area contributed by atoms with Crippen LogP contribution in [0.1, 0.15) is 65.9 Å². The van der Waals surface area contributed by atoms with Gasteiger partial charge in [-0.05, 0) is 18.8 Å². The lowest BCUT2D eigenvalue weighted by molar-refractivity contribution is -0.226. The van der Waals surface area contributed by atoms with Gasteiger partial charge < -0.3 is 9.47 Å². The van der Waals surface area contributed by atoms with E-state index in [1.165, 1.54) is 6.92 Å². The van der Waals surface area contributed by atoms with Gasteiger partial charge in [-0.3, -0.25) is 4.79 Å². The van der Waals surface area contributed by atoms with Gasteiger partial charge in [0.15, 0.2) is 5.78 Å². The SMILES string of the molecule is CCCC[C@]1(C(=O)CC(C)(C)C)OC(=O)[C@](C)(c2ccccc2)OC1=O. The third kappa shape index (κ3) is 3.81. The normalized spacial score (nSPS) is 26.2. The topological polar surface area (TPSA) is 69.7 Å². The van der Waals surface area contributed by atoms with Crippen LogP contribution in [0.25, 0.3) is 0 Å². The highest BCUT2D eigenvalue weighted by atomic mass is 16.7. The lowest BCUT2D eigenvalue weighted by atomic mass is 9.80. The van der Waals surface area contributed by atoms with Gasteiger partial charge in [-0.25, -0.2) is 9.59 Å². The summed E-state index contributed by atoms with van der Waals surface area (Å²) in [7, 11) is 0. The molecule has 0 saturated carbocycles. The molecule has 2 rings (SSSR count). The van der Waals surface area contributed by atoms with Gasteiger partial charge in [0.05, 0.1) is 0 Å². The van der Waals surface area contributed by atoms with E-state index in [0.29, 0.717) is 12.0 Å². The minimum Gasteiger partial charge on any atom is -0.439 e. The molecule has 1 aromatic carbocycles. The van der Waals surface area contributed by atoms with Crippen molar-refractivity contribution in [1.29, 1.82) is 0 Å². The summed E-state index contributed by atoms with van der Waals surface area (Å²) in [6, 6.07) is 8.72. The van der Waals surface area contributed by atoms with Crippen molar-refractivity contribution >= 4 is 17.7 Å². The number of Topliss-reactive ketones (excluding diaryl/α,β-unsaturated/α-hetero) is 1. The number of ketones is 1. The van der Waals surface area contributed by atoms with Crippen LogP contribution in [-0.2, 0) is 29.5 Å². The number of rotatable bonds is 6. The van der Waals surface area contributed by atoms with Gasteiger partial charge in [0.1, 0.15) is 0 Å². The Hall–Kier alpha value is -2.17. The highest BCUT2D eigenvalue weighted by Gasteiger charge is 2.60. The van der Waals surface area contributed by atoms with Crippen molar-refractivity contribution in [3.63, 3.8) is 0 Å². The smallest absolute Gasteiger partial charge is 0.360 e. The van der Waals surface area contributed by atoms with Crippen molar-refractivity contribution in [2.45, 2.75) is 71.5 Å². The molecule has 26 heavy (non-hydrogen) atoms. The summed E-state index contributed by atoms with van der Waals surface area (Å²) in [4.78, 5) is 38.8. The monoisotopic (exact) mass is 360 g/mol. The Labute approximate surface area is 155 Å². The largest absolute Gasteiger partial charge is 0.439 e. The first-order chi connectivity index (χ1) is 12.0. The highest BCUT2D eigenvalue weighted by Crippen LogP contribution is 2.40. The van der Waals surface area contributed by atoms with Crippen LogP contribution in [0.5, 0.6) is 0 Å². The number of ether oxygens (including phenoxy) is 2. The van der Waals surface area contributed by atoms with Crippen LogP contribution in [0.3, 0.4) is 0 Å². The van der Waals surface area contributed by atoms with E-state index in [9.17, 15) is 14.4 Å². The summed E-state index contributed by atoms with van der Waals surface area (Å²) in [6.45, 7) is 9.17. The number of carbonyl (C=O) groups excluding carboxylic acids is 3. The fourth-order valence-electron chi connectivity index (χ4n) is 3.05. The van der Waals surface area contributed by atoms with E-state index in [1.54, 1.807) is 30.3 Å². The molecule has 0 N–H and O–H groups in total. The van der Waals surface area contributed by atoms with Crippen LogP contribution in [0.2, 0.25) is 0 Å². The Balaban J connectivity index is 2.39. The van der Waals surface area contributed by atoms with Gasteiger partial charge >= 0.3 is 11.9 Å². The molecule has 0 aliphatic carbocycles. The number of esters is 2. The van der Waals surface area contributed by atoms with Gasteiger partial charge in [-0.1, -0.05) is 64.4 Å². The molecule has 142 valence electrons. The maximum Gasteiger partial charge on any atom is 0.360 e. The molecule has 0 radical (unpaired) electrons. The number of hydrogen-bond acceptors (Lipinski definition) is 5. The zero-order valence-corrected chi connectivity index (χ0v) is 16.3. The molecule has 2 atom stereocenters. The number of cyclic esters (lactones) is 2. The number of hydrogen-bond donors (Lipinski definition) is 0. The van der Waals surface area contributed by atoms with Crippen molar-refractivity contribution in [3.8, 4) is 0 Å². The fraction of sp³-hybridized carbons (Fsp3) is 0.571. The third-order valence-corrected chi connectivity index (χ3v) is 4.63. The molecule has 1 saturated heterocycles. The maximum absolute atomic E-state index is 13.0. The Morgan fingerprint density at radius 3 is 2.19 bits per heavy atom. The van der Waals surface area contributed by atoms with Crippen molar-refractivity contribution in [2.75, 3.05) is 0 Å². The van der Waals surface area contributed by atoms with E-state index in [1.807, 2.05) is 27.7 Å². The molecule has 0 amide bonds. The third-order valence-electron chi connectivity index (χ3n) is 4.63. The molecule has 5 nitrogen and oxygen atoms in total. The molecule has 1 aliphatic rings. The minimum atomic E-state index is -1.84. The summed E-state index contributed by atoms with van der Waals surface area (Å²) in [5, 5.41) is 0. The summed E-state index contributed by atoms with van der Waals surface area (Å²) >= 11 is 0. The van der Waals surface area contributed by atoms with Gasteiger partial charge in [-0.2, -0.15) is 0 Å². The lowest BCUT2D eigenvalue weighted by Gasteiger charge is -2.42. The highest BCUT2D eigenvalue weighted by molar-refractivity contribution is 6.11. The molecule has 1 aliphatic heterocycles. The first kappa shape index (κ1) is 20.1. The van der Waals surface area contributed by atoms with Crippen LogP contribution in [-0.4, -0.2) is 23.3 Å². The van der Waals surface area contributed by atoms with Crippen LogP contribution < -0.4 is 0 Å². The van der Waals surface area contributed by atoms with Crippen LogP contribution in [0, 0.1) is 5.41 Å². The standard InChI is InChI=1S/C21H28O5/c1-6-7-13-21(16(22)14-19(2,3)4)18(24)25-20(5,17(23)26-21)15-11-9-8-10-12-15/h8-12H,6-7,13-14H2,1-5H3/t20-,21+/m0/s1. The molecular weight excluding hydrogens is 332 g/mol. The number of carbonyl (C=O) groups is 3. The second-order valence-electron chi connectivity index (χ2n) is 8.27. The average molecular weight is 360 g/mol. The maximum atomic E-state index is 13.0. The van der Waals surface area contributed by atoms with Gasteiger partial charge in [0.2, 0.25) is 5.60 Å². The zero-order valence-electron chi connectivity index (χ0n) is 16.3. The van der Waals surface area contributed by atoms with Gasteiger partial charge in [0, 0.05) is 18.4 Å². The van der Waals surface area contributed by atoms with Crippen molar-refractivity contribution in [1.82, 2.24) is 0 Å². The van der Waals surface area contributed by atoms with E-state index < -0.39 is 28.9 Å². The second kappa shape index (κ2) is 7.22. The summed E-state index contributed by atoms with van der Waals surface area (Å²) in [5.74, 6) is -1.88. The molecule has 0 spiro atoms. The number of unbranched alkanes of at least 4 members (excludes halogenated alkanes) is 1. The molecule has 5 heteroatoms.